The zero-order chi connectivity index (χ0) is 14.2. The van der Waals surface area contributed by atoms with E-state index in [1.165, 1.54) is 30.4 Å². The van der Waals surface area contributed by atoms with Crippen LogP contribution in [0.15, 0.2) is 18.2 Å². The molecular weight excluding hydrogens is 250 g/mol. The average molecular weight is 275 g/mol. The van der Waals surface area contributed by atoms with Gasteiger partial charge in [-0.25, -0.2) is 0 Å². The summed E-state index contributed by atoms with van der Waals surface area (Å²) in [4.78, 5) is 11.9. The van der Waals surface area contributed by atoms with Crippen LogP contribution >= 0.6 is 0 Å². The molecule has 0 spiro atoms. The molecule has 2 N–H and O–H groups in total. The number of nitrogens with one attached hydrogen (secondary N) is 1. The summed E-state index contributed by atoms with van der Waals surface area (Å²) in [6, 6.07) is 6.49. The third-order valence-electron chi connectivity index (χ3n) is 3.93. The van der Waals surface area contributed by atoms with E-state index >= 15 is 0 Å². The van der Waals surface area contributed by atoms with Gasteiger partial charge in [0.15, 0.2) is 0 Å². The van der Waals surface area contributed by atoms with Crippen molar-refractivity contribution >= 4 is 5.91 Å². The Morgan fingerprint density at radius 1 is 1.10 bits per heavy atom. The Kier molecular flexibility index (Phi) is 6.06. The molecule has 0 bridgehead atoms. The van der Waals surface area contributed by atoms with E-state index in [0.29, 0.717) is 13.0 Å². The minimum Gasteiger partial charge on any atom is -0.396 e. The van der Waals surface area contributed by atoms with E-state index in [4.69, 9.17) is 5.11 Å². The third kappa shape index (κ3) is 4.64. The lowest BCUT2D eigenvalue weighted by Gasteiger charge is -2.16. The van der Waals surface area contributed by atoms with Crippen LogP contribution in [0.3, 0.4) is 0 Å². The number of amides is 1. The van der Waals surface area contributed by atoms with Gasteiger partial charge in [0.05, 0.1) is 6.42 Å². The summed E-state index contributed by atoms with van der Waals surface area (Å²) in [5.74, 6) is 0.102. The van der Waals surface area contributed by atoms with Crippen LogP contribution in [0.1, 0.15) is 48.8 Å². The van der Waals surface area contributed by atoms with Crippen molar-refractivity contribution in [2.24, 2.45) is 0 Å². The molecule has 0 saturated heterocycles. The molecule has 3 nitrogen and oxygen atoms in total. The van der Waals surface area contributed by atoms with Crippen LogP contribution in [0, 0.1) is 0 Å². The fourth-order valence-electron chi connectivity index (χ4n) is 2.79. The Labute approximate surface area is 121 Å². The van der Waals surface area contributed by atoms with E-state index in [9.17, 15) is 4.79 Å². The second kappa shape index (κ2) is 8.05. The molecule has 1 amide bonds. The van der Waals surface area contributed by atoms with Crippen LogP contribution in [0.5, 0.6) is 0 Å². The third-order valence-corrected chi connectivity index (χ3v) is 3.93. The minimum atomic E-state index is 0.102. The number of aryl methyl sites for hydroxylation is 2. The van der Waals surface area contributed by atoms with E-state index in [1.54, 1.807) is 0 Å². The number of hydrogen-bond donors (Lipinski definition) is 2. The van der Waals surface area contributed by atoms with Gasteiger partial charge in [0.2, 0.25) is 5.91 Å². The van der Waals surface area contributed by atoms with E-state index in [0.717, 1.165) is 31.2 Å². The first-order chi connectivity index (χ1) is 9.79. The summed E-state index contributed by atoms with van der Waals surface area (Å²) in [7, 11) is 0. The fraction of sp³-hybridized carbons (Fsp3) is 0.588. The lowest BCUT2D eigenvalue weighted by atomic mass is 9.90. The van der Waals surface area contributed by atoms with Crippen molar-refractivity contribution in [3.63, 3.8) is 0 Å². The van der Waals surface area contributed by atoms with Gasteiger partial charge < -0.3 is 10.4 Å². The van der Waals surface area contributed by atoms with Crippen molar-refractivity contribution in [1.82, 2.24) is 5.32 Å². The molecular formula is C17H25NO2. The molecule has 0 unspecified atom stereocenters. The van der Waals surface area contributed by atoms with Crippen molar-refractivity contribution < 1.29 is 9.90 Å². The zero-order valence-electron chi connectivity index (χ0n) is 12.2. The maximum absolute atomic E-state index is 11.9. The molecule has 1 aromatic rings. The molecule has 0 saturated carbocycles. The number of aliphatic hydroxyl groups is 1. The molecule has 3 heteroatoms. The number of carbonyl (C=O) groups is 1. The monoisotopic (exact) mass is 275 g/mol. The predicted octanol–water partition coefficient (Wildman–Crippen LogP) is 2.39. The molecule has 2 rings (SSSR count). The molecule has 0 radical (unpaired) electrons. The summed E-state index contributed by atoms with van der Waals surface area (Å²) >= 11 is 0. The van der Waals surface area contributed by atoms with Gasteiger partial charge >= 0.3 is 0 Å². The maximum atomic E-state index is 11.9. The van der Waals surface area contributed by atoms with Crippen molar-refractivity contribution in [1.29, 1.82) is 0 Å². The molecule has 0 fully saturated rings. The van der Waals surface area contributed by atoms with Crippen molar-refractivity contribution in [3.8, 4) is 0 Å². The van der Waals surface area contributed by atoms with Gasteiger partial charge in [-0.1, -0.05) is 18.2 Å². The Morgan fingerprint density at radius 3 is 2.70 bits per heavy atom. The number of unbranched alkanes of at least 4 members (excludes halogenated alkanes) is 2. The zero-order valence-corrected chi connectivity index (χ0v) is 12.2. The molecule has 1 aliphatic carbocycles. The molecule has 20 heavy (non-hydrogen) atoms. The number of fused-ring (bicyclic) bond motifs is 1. The average Bonchev–Trinajstić information content (AvgIpc) is 2.47. The lowest BCUT2D eigenvalue weighted by Crippen LogP contribution is -2.26. The normalized spacial score (nSPS) is 13.8. The summed E-state index contributed by atoms with van der Waals surface area (Å²) in [5, 5.41) is 11.6. The standard InChI is InChI=1S/C17H25NO2/c19-11-5-1-4-10-18-17(20)13-14-8-9-15-6-2-3-7-16(15)12-14/h8-9,12,19H,1-7,10-11,13H2,(H,18,20). The summed E-state index contributed by atoms with van der Waals surface area (Å²) in [5.41, 5.74) is 4.02. The fourth-order valence-corrected chi connectivity index (χ4v) is 2.79. The highest BCUT2D eigenvalue weighted by molar-refractivity contribution is 5.78. The smallest absolute Gasteiger partial charge is 0.224 e. The van der Waals surface area contributed by atoms with Gasteiger partial charge in [-0.05, 0) is 61.6 Å². The van der Waals surface area contributed by atoms with Gasteiger partial charge in [0, 0.05) is 13.2 Å². The van der Waals surface area contributed by atoms with Crippen LogP contribution in [0.25, 0.3) is 0 Å². The first-order valence-electron chi connectivity index (χ1n) is 7.78. The molecule has 110 valence electrons. The van der Waals surface area contributed by atoms with Crippen LogP contribution < -0.4 is 5.32 Å². The summed E-state index contributed by atoms with van der Waals surface area (Å²) < 4.78 is 0. The Balaban J connectivity index is 1.76. The highest BCUT2D eigenvalue weighted by Gasteiger charge is 2.10. The second-order valence-corrected chi connectivity index (χ2v) is 5.62. The van der Waals surface area contributed by atoms with Crippen LogP contribution in [0.2, 0.25) is 0 Å². The molecule has 1 aromatic carbocycles. The number of rotatable bonds is 7. The Hall–Kier alpha value is -1.35. The van der Waals surface area contributed by atoms with Crippen molar-refractivity contribution in [3.05, 3.63) is 34.9 Å². The predicted molar refractivity (Wildman–Crippen MR) is 80.7 cm³/mol. The lowest BCUT2D eigenvalue weighted by molar-refractivity contribution is -0.120. The number of benzene rings is 1. The van der Waals surface area contributed by atoms with Gasteiger partial charge in [0.25, 0.3) is 0 Å². The number of aliphatic hydroxyl groups excluding tert-OH is 1. The Morgan fingerprint density at radius 2 is 1.90 bits per heavy atom. The molecule has 0 atom stereocenters. The summed E-state index contributed by atoms with van der Waals surface area (Å²) in [6.45, 7) is 0.951. The number of hydrogen-bond acceptors (Lipinski definition) is 2. The second-order valence-electron chi connectivity index (χ2n) is 5.62. The van der Waals surface area contributed by atoms with Crippen molar-refractivity contribution in [2.45, 2.75) is 51.4 Å². The largest absolute Gasteiger partial charge is 0.396 e. The Bertz CT molecular complexity index is 443. The SMILES string of the molecule is O=C(Cc1ccc2c(c1)CCCC2)NCCCCCO. The van der Waals surface area contributed by atoms with E-state index < -0.39 is 0 Å². The molecule has 0 aromatic heterocycles. The molecule has 0 aliphatic heterocycles. The first kappa shape index (κ1) is 15.0. The van der Waals surface area contributed by atoms with Crippen LogP contribution in [-0.2, 0) is 24.1 Å². The quantitative estimate of drug-likeness (QED) is 0.751. The van der Waals surface area contributed by atoms with Gasteiger partial charge in [-0.3, -0.25) is 4.79 Å². The van der Waals surface area contributed by atoms with Gasteiger partial charge in [-0.15, -0.1) is 0 Å². The van der Waals surface area contributed by atoms with E-state index in [-0.39, 0.29) is 12.5 Å². The minimum absolute atomic E-state index is 0.102. The van der Waals surface area contributed by atoms with Crippen LogP contribution in [0.4, 0.5) is 0 Å². The van der Waals surface area contributed by atoms with E-state index in [1.807, 2.05) is 0 Å². The van der Waals surface area contributed by atoms with E-state index in [2.05, 4.69) is 23.5 Å². The molecule has 0 heterocycles. The first-order valence-corrected chi connectivity index (χ1v) is 7.78. The maximum Gasteiger partial charge on any atom is 0.224 e. The highest BCUT2D eigenvalue weighted by Crippen LogP contribution is 2.22. The topological polar surface area (TPSA) is 49.3 Å². The van der Waals surface area contributed by atoms with Gasteiger partial charge in [-0.2, -0.15) is 0 Å². The molecule has 1 aliphatic rings. The van der Waals surface area contributed by atoms with Crippen LogP contribution in [-0.4, -0.2) is 24.2 Å². The highest BCUT2D eigenvalue weighted by atomic mass is 16.2. The van der Waals surface area contributed by atoms with Crippen molar-refractivity contribution in [2.75, 3.05) is 13.2 Å². The summed E-state index contributed by atoms with van der Waals surface area (Å²) in [6.07, 6.45) is 8.12. The number of carbonyl (C=O) groups excluding carboxylic acids is 1. The van der Waals surface area contributed by atoms with Gasteiger partial charge in [0.1, 0.15) is 0 Å².